The summed E-state index contributed by atoms with van der Waals surface area (Å²) in [6, 6.07) is 4.52. The largest absolute Gasteiger partial charge is 0.313 e. The maximum Gasteiger partial charge on any atom is 0.124 e. The zero-order valence-electron chi connectivity index (χ0n) is 10.5. The summed E-state index contributed by atoms with van der Waals surface area (Å²) in [4.78, 5) is 2.18. The fourth-order valence-corrected chi connectivity index (χ4v) is 1.80. The highest BCUT2D eigenvalue weighted by atomic mass is 35.5. The molecule has 0 radical (unpaired) electrons. The van der Waals surface area contributed by atoms with Crippen molar-refractivity contribution >= 4 is 11.6 Å². The number of halogens is 2. The first-order valence-corrected chi connectivity index (χ1v) is 6.27. The van der Waals surface area contributed by atoms with Gasteiger partial charge in [0, 0.05) is 11.6 Å². The third-order valence-electron chi connectivity index (χ3n) is 2.54. The first kappa shape index (κ1) is 14.4. The Kier molecular flexibility index (Phi) is 6.48. The lowest BCUT2D eigenvalue weighted by Gasteiger charge is -2.10. The van der Waals surface area contributed by atoms with Gasteiger partial charge in [0.1, 0.15) is 5.82 Å². The van der Waals surface area contributed by atoms with Gasteiger partial charge in [-0.05, 0) is 57.7 Å². The average Bonchev–Trinajstić information content (AvgIpc) is 2.25. The van der Waals surface area contributed by atoms with Crippen molar-refractivity contribution in [1.29, 1.82) is 0 Å². The quantitative estimate of drug-likeness (QED) is 0.757. The number of hydrogen-bond acceptors (Lipinski definition) is 2. The van der Waals surface area contributed by atoms with E-state index in [1.54, 1.807) is 6.07 Å². The van der Waals surface area contributed by atoms with Crippen LogP contribution in [-0.2, 0) is 6.54 Å². The average molecular weight is 259 g/mol. The van der Waals surface area contributed by atoms with Crippen molar-refractivity contribution in [2.45, 2.75) is 19.4 Å². The molecule has 0 bridgehead atoms. The van der Waals surface area contributed by atoms with Gasteiger partial charge in [-0.25, -0.2) is 4.39 Å². The number of unbranched alkanes of at least 4 members (excludes halogenated alkanes) is 1. The maximum absolute atomic E-state index is 12.8. The van der Waals surface area contributed by atoms with E-state index in [0.717, 1.165) is 25.1 Å². The van der Waals surface area contributed by atoms with Gasteiger partial charge < -0.3 is 10.2 Å². The molecule has 0 aliphatic carbocycles. The molecule has 1 N–H and O–H groups in total. The summed E-state index contributed by atoms with van der Waals surface area (Å²) in [5.41, 5.74) is 0.945. The van der Waals surface area contributed by atoms with E-state index in [2.05, 4.69) is 24.3 Å². The zero-order chi connectivity index (χ0) is 12.7. The lowest BCUT2D eigenvalue weighted by atomic mass is 10.2. The molecule has 0 aliphatic rings. The van der Waals surface area contributed by atoms with Crippen LogP contribution in [0.2, 0.25) is 5.02 Å². The minimum absolute atomic E-state index is 0.287. The second-order valence-electron chi connectivity index (χ2n) is 4.42. The van der Waals surface area contributed by atoms with Gasteiger partial charge in [-0.1, -0.05) is 17.7 Å². The Hall–Kier alpha value is -0.640. The molecule has 1 aromatic carbocycles. The molecule has 96 valence electrons. The van der Waals surface area contributed by atoms with Gasteiger partial charge >= 0.3 is 0 Å². The highest BCUT2D eigenvalue weighted by molar-refractivity contribution is 6.31. The minimum atomic E-state index is -0.287. The van der Waals surface area contributed by atoms with Gasteiger partial charge in [-0.2, -0.15) is 0 Å². The first-order valence-electron chi connectivity index (χ1n) is 5.89. The fraction of sp³-hybridized carbons (Fsp3) is 0.538. The van der Waals surface area contributed by atoms with E-state index >= 15 is 0 Å². The molecule has 0 saturated carbocycles. The summed E-state index contributed by atoms with van der Waals surface area (Å²) in [5.74, 6) is -0.287. The molecule has 2 nitrogen and oxygen atoms in total. The predicted octanol–water partition coefficient (Wildman–Crippen LogP) is 2.91. The molecule has 0 aromatic heterocycles. The van der Waals surface area contributed by atoms with Crippen LogP contribution in [0.15, 0.2) is 18.2 Å². The minimum Gasteiger partial charge on any atom is -0.313 e. The van der Waals surface area contributed by atoms with E-state index in [9.17, 15) is 4.39 Å². The number of hydrogen-bond donors (Lipinski definition) is 1. The normalized spacial score (nSPS) is 11.1. The lowest BCUT2D eigenvalue weighted by Crippen LogP contribution is -2.18. The Morgan fingerprint density at radius 2 is 2.06 bits per heavy atom. The molecule has 0 heterocycles. The topological polar surface area (TPSA) is 15.3 Å². The van der Waals surface area contributed by atoms with E-state index in [0.29, 0.717) is 11.6 Å². The van der Waals surface area contributed by atoms with Crippen LogP contribution < -0.4 is 5.32 Å². The molecule has 17 heavy (non-hydrogen) atoms. The van der Waals surface area contributed by atoms with Crippen molar-refractivity contribution < 1.29 is 4.39 Å². The second kappa shape index (κ2) is 7.64. The SMILES string of the molecule is CN(C)CCCCNCc1ccc(F)cc1Cl. The van der Waals surface area contributed by atoms with Crippen LogP contribution in [0.25, 0.3) is 0 Å². The predicted molar refractivity (Wildman–Crippen MR) is 70.9 cm³/mol. The van der Waals surface area contributed by atoms with Crippen molar-refractivity contribution in [3.05, 3.63) is 34.6 Å². The molecule has 0 spiro atoms. The van der Waals surface area contributed by atoms with Gasteiger partial charge in [0.2, 0.25) is 0 Å². The van der Waals surface area contributed by atoms with E-state index in [1.807, 2.05) is 0 Å². The standard InChI is InChI=1S/C13H20ClFN2/c1-17(2)8-4-3-7-16-10-11-5-6-12(15)9-13(11)14/h5-6,9,16H,3-4,7-8,10H2,1-2H3. The molecule has 1 rings (SSSR count). The van der Waals surface area contributed by atoms with Gasteiger partial charge in [-0.3, -0.25) is 0 Å². The molecule has 0 fully saturated rings. The molecular weight excluding hydrogens is 239 g/mol. The van der Waals surface area contributed by atoms with Crippen molar-refractivity contribution in [1.82, 2.24) is 10.2 Å². The summed E-state index contributed by atoms with van der Waals surface area (Å²) in [5, 5.41) is 3.80. The van der Waals surface area contributed by atoms with Crippen LogP contribution in [0, 0.1) is 5.82 Å². The van der Waals surface area contributed by atoms with Crippen LogP contribution in [0.5, 0.6) is 0 Å². The Bertz CT molecular complexity index is 342. The summed E-state index contributed by atoms with van der Waals surface area (Å²) < 4.78 is 12.8. The van der Waals surface area contributed by atoms with Gasteiger partial charge in [-0.15, -0.1) is 0 Å². The third-order valence-corrected chi connectivity index (χ3v) is 2.89. The maximum atomic E-state index is 12.8. The number of rotatable bonds is 7. The van der Waals surface area contributed by atoms with Crippen molar-refractivity contribution in [3.8, 4) is 0 Å². The fourth-order valence-electron chi connectivity index (χ4n) is 1.57. The first-order chi connectivity index (χ1) is 8.09. The Balaban J connectivity index is 2.18. The van der Waals surface area contributed by atoms with Crippen LogP contribution >= 0.6 is 11.6 Å². The summed E-state index contributed by atoms with van der Waals surface area (Å²) >= 11 is 5.92. The van der Waals surface area contributed by atoms with Gasteiger partial charge in [0.05, 0.1) is 0 Å². The third kappa shape index (κ3) is 6.01. The van der Waals surface area contributed by atoms with Crippen molar-refractivity contribution in [2.24, 2.45) is 0 Å². The Morgan fingerprint density at radius 1 is 1.29 bits per heavy atom. The van der Waals surface area contributed by atoms with Crippen LogP contribution in [0.1, 0.15) is 18.4 Å². The highest BCUT2D eigenvalue weighted by Gasteiger charge is 2.01. The molecular formula is C13H20ClFN2. The number of nitrogens with one attached hydrogen (secondary N) is 1. The van der Waals surface area contributed by atoms with Gasteiger partial charge in [0.15, 0.2) is 0 Å². The molecule has 0 saturated heterocycles. The summed E-state index contributed by atoms with van der Waals surface area (Å²) in [6.45, 7) is 2.77. The molecule has 1 aromatic rings. The van der Waals surface area contributed by atoms with E-state index in [4.69, 9.17) is 11.6 Å². The number of benzene rings is 1. The van der Waals surface area contributed by atoms with Crippen LogP contribution in [-0.4, -0.2) is 32.1 Å². The Labute approximate surface area is 108 Å². The van der Waals surface area contributed by atoms with E-state index in [-0.39, 0.29) is 5.82 Å². The van der Waals surface area contributed by atoms with Crippen LogP contribution in [0.4, 0.5) is 4.39 Å². The zero-order valence-corrected chi connectivity index (χ0v) is 11.2. The molecule has 0 atom stereocenters. The molecule has 4 heteroatoms. The lowest BCUT2D eigenvalue weighted by molar-refractivity contribution is 0.391. The monoisotopic (exact) mass is 258 g/mol. The Morgan fingerprint density at radius 3 is 2.71 bits per heavy atom. The molecule has 0 unspecified atom stereocenters. The van der Waals surface area contributed by atoms with Crippen LogP contribution in [0.3, 0.4) is 0 Å². The summed E-state index contributed by atoms with van der Waals surface area (Å²) in [7, 11) is 4.15. The van der Waals surface area contributed by atoms with Crippen molar-refractivity contribution in [3.63, 3.8) is 0 Å². The highest BCUT2D eigenvalue weighted by Crippen LogP contribution is 2.16. The second-order valence-corrected chi connectivity index (χ2v) is 4.83. The molecule has 0 amide bonds. The van der Waals surface area contributed by atoms with Crippen molar-refractivity contribution in [2.75, 3.05) is 27.2 Å². The van der Waals surface area contributed by atoms with Gasteiger partial charge in [0.25, 0.3) is 0 Å². The van der Waals surface area contributed by atoms with E-state index < -0.39 is 0 Å². The smallest absolute Gasteiger partial charge is 0.124 e. The number of nitrogens with zero attached hydrogens (tertiary/aromatic N) is 1. The summed E-state index contributed by atoms with van der Waals surface area (Å²) in [6.07, 6.45) is 2.31. The van der Waals surface area contributed by atoms with E-state index in [1.165, 1.54) is 18.6 Å². The molecule has 0 aliphatic heterocycles.